The van der Waals surface area contributed by atoms with Gasteiger partial charge in [-0.2, -0.15) is 0 Å². The first-order chi connectivity index (χ1) is 12.2. The van der Waals surface area contributed by atoms with Crippen LogP contribution in [0, 0.1) is 5.92 Å². The largest absolute Gasteiger partial charge is 0.342 e. The summed E-state index contributed by atoms with van der Waals surface area (Å²) in [6.45, 7) is 4.04. The Morgan fingerprint density at radius 3 is 2.96 bits per heavy atom. The summed E-state index contributed by atoms with van der Waals surface area (Å²) in [7, 11) is 0. The van der Waals surface area contributed by atoms with Gasteiger partial charge in [0.2, 0.25) is 5.91 Å². The van der Waals surface area contributed by atoms with Gasteiger partial charge in [0.1, 0.15) is 5.82 Å². The zero-order valence-corrected chi connectivity index (χ0v) is 16.2. The number of likely N-dealkylation sites (tertiary alicyclic amines) is 1. The summed E-state index contributed by atoms with van der Waals surface area (Å²) < 4.78 is 2.27. The van der Waals surface area contributed by atoms with Crippen LogP contribution < -0.4 is 0 Å². The molecule has 1 atom stereocenters. The maximum atomic E-state index is 12.5. The van der Waals surface area contributed by atoms with Crippen molar-refractivity contribution < 1.29 is 4.79 Å². The summed E-state index contributed by atoms with van der Waals surface area (Å²) in [4.78, 5) is 15.9. The van der Waals surface area contributed by atoms with Crippen LogP contribution in [0.2, 0.25) is 0 Å². The monoisotopic (exact) mass is 376 g/mol. The molecule has 1 saturated heterocycles. The van der Waals surface area contributed by atoms with E-state index in [2.05, 4.69) is 39.2 Å². The molecule has 25 heavy (non-hydrogen) atoms. The maximum Gasteiger partial charge on any atom is 0.233 e. The Kier molecular flexibility index (Phi) is 5.12. The quantitative estimate of drug-likeness (QED) is 0.723. The number of carbonyl (C=O) groups excluding carboxylic acids is 1. The molecule has 0 bridgehead atoms. The molecule has 4 rings (SSSR count). The second-order valence-corrected chi connectivity index (χ2v) is 9.11. The van der Waals surface area contributed by atoms with E-state index < -0.39 is 0 Å². The molecule has 0 aromatic carbocycles. The van der Waals surface area contributed by atoms with Crippen molar-refractivity contribution in [1.82, 2.24) is 19.7 Å². The van der Waals surface area contributed by atoms with E-state index in [1.54, 1.807) is 23.1 Å². The highest BCUT2D eigenvalue weighted by Crippen LogP contribution is 2.39. The highest BCUT2D eigenvalue weighted by Gasteiger charge is 2.30. The lowest BCUT2D eigenvalue weighted by Gasteiger charge is -2.30. The third-order valence-electron chi connectivity index (χ3n) is 4.89. The van der Waals surface area contributed by atoms with Crippen molar-refractivity contribution in [3.05, 3.63) is 28.2 Å². The smallest absolute Gasteiger partial charge is 0.233 e. The Hall–Kier alpha value is -1.34. The van der Waals surface area contributed by atoms with Gasteiger partial charge in [-0.3, -0.25) is 4.79 Å². The summed E-state index contributed by atoms with van der Waals surface area (Å²) in [5.41, 5.74) is 0. The van der Waals surface area contributed by atoms with Crippen molar-refractivity contribution in [2.75, 3.05) is 18.8 Å². The van der Waals surface area contributed by atoms with Crippen LogP contribution in [-0.2, 0) is 11.2 Å². The van der Waals surface area contributed by atoms with Crippen LogP contribution in [0.4, 0.5) is 0 Å². The first-order valence-corrected chi connectivity index (χ1v) is 10.9. The minimum Gasteiger partial charge on any atom is -0.342 e. The number of piperidine rings is 1. The molecule has 1 aliphatic carbocycles. The van der Waals surface area contributed by atoms with Gasteiger partial charge in [0.05, 0.1) is 5.75 Å². The van der Waals surface area contributed by atoms with Gasteiger partial charge in [0, 0.05) is 30.4 Å². The molecule has 1 saturated carbocycles. The molecule has 0 spiro atoms. The molecule has 5 nitrogen and oxygen atoms in total. The van der Waals surface area contributed by atoms with Crippen molar-refractivity contribution in [3.8, 4) is 0 Å². The molecule has 2 aromatic rings. The number of hydrogen-bond acceptors (Lipinski definition) is 5. The lowest BCUT2D eigenvalue weighted by Crippen LogP contribution is -2.40. The van der Waals surface area contributed by atoms with Crippen LogP contribution >= 0.6 is 23.1 Å². The third-order valence-corrected chi connectivity index (χ3v) is 6.70. The number of rotatable bonds is 6. The van der Waals surface area contributed by atoms with Gasteiger partial charge in [-0.25, -0.2) is 0 Å². The molecular weight excluding hydrogens is 352 g/mol. The maximum absolute atomic E-state index is 12.5. The van der Waals surface area contributed by atoms with E-state index in [0.717, 1.165) is 36.9 Å². The zero-order chi connectivity index (χ0) is 17.2. The number of carbonyl (C=O) groups is 1. The van der Waals surface area contributed by atoms with E-state index in [-0.39, 0.29) is 5.91 Å². The highest BCUT2D eigenvalue weighted by atomic mass is 32.2. The fourth-order valence-electron chi connectivity index (χ4n) is 3.43. The number of aromatic nitrogens is 3. The van der Waals surface area contributed by atoms with Crippen LogP contribution in [-0.4, -0.2) is 44.4 Å². The first-order valence-electron chi connectivity index (χ1n) is 9.07. The average molecular weight is 377 g/mol. The van der Waals surface area contributed by atoms with Gasteiger partial charge in [-0.1, -0.05) is 24.8 Å². The summed E-state index contributed by atoms with van der Waals surface area (Å²) in [5.74, 6) is 2.36. The molecule has 7 heteroatoms. The Labute approximate surface area is 156 Å². The molecule has 2 aromatic heterocycles. The van der Waals surface area contributed by atoms with Crippen molar-refractivity contribution in [1.29, 1.82) is 0 Å². The molecule has 2 fully saturated rings. The van der Waals surface area contributed by atoms with Gasteiger partial charge >= 0.3 is 0 Å². The Morgan fingerprint density at radius 2 is 2.24 bits per heavy atom. The topological polar surface area (TPSA) is 51.0 Å². The molecular formula is C18H24N4OS2. The van der Waals surface area contributed by atoms with E-state index in [1.807, 2.05) is 4.90 Å². The van der Waals surface area contributed by atoms with Gasteiger partial charge in [0.15, 0.2) is 5.16 Å². The SMILES string of the molecule is CC1CCCN(C(=O)CSc2nnc(Cc3cccs3)n2C2CC2)C1. The molecule has 3 heterocycles. The standard InChI is InChI=1S/C18H24N4OS2/c1-13-4-2-8-21(11-13)17(23)12-25-18-20-19-16(22(18)14-6-7-14)10-15-5-3-9-24-15/h3,5,9,13-14H,2,4,6-8,10-12H2,1H3. The van der Waals surface area contributed by atoms with Crippen LogP contribution in [0.25, 0.3) is 0 Å². The normalized spacial score (nSPS) is 20.8. The van der Waals surface area contributed by atoms with E-state index in [4.69, 9.17) is 0 Å². The predicted octanol–water partition coefficient (Wildman–Crippen LogP) is 3.62. The minimum atomic E-state index is 0.238. The van der Waals surface area contributed by atoms with Gasteiger partial charge < -0.3 is 9.47 Å². The predicted molar refractivity (Wildman–Crippen MR) is 101 cm³/mol. The van der Waals surface area contributed by atoms with Crippen LogP contribution in [0.5, 0.6) is 0 Å². The molecule has 1 amide bonds. The van der Waals surface area contributed by atoms with E-state index >= 15 is 0 Å². The average Bonchev–Trinajstić information content (AvgIpc) is 3.16. The summed E-state index contributed by atoms with van der Waals surface area (Å²) in [6.07, 6.45) is 5.58. The second kappa shape index (κ2) is 7.50. The second-order valence-electron chi connectivity index (χ2n) is 7.13. The molecule has 1 unspecified atom stereocenters. The summed E-state index contributed by atoms with van der Waals surface area (Å²) >= 11 is 3.31. The number of hydrogen-bond donors (Lipinski definition) is 0. The van der Waals surface area contributed by atoms with Crippen LogP contribution in [0.3, 0.4) is 0 Å². The van der Waals surface area contributed by atoms with Gasteiger partial charge in [0.25, 0.3) is 0 Å². The summed E-state index contributed by atoms with van der Waals surface area (Å²) in [6, 6.07) is 4.74. The van der Waals surface area contributed by atoms with Crippen molar-refractivity contribution in [3.63, 3.8) is 0 Å². The van der Waals surface area contributed by atoms with Crippen LogP contribution in [0.1, 0.15) is 49.4 Å². The molecule has 0 radical (unpaired) electrons. The Balaban J connectivity index is 1.42. The van der Waals surface area contributed by atoms with E-state index in [1.165, 1.54) is 24.1 Å². The fourth-order valence-corrected chi connectivity index (χ4v) is 5.06. The van der Waals surface area contributed by atoms with E-state index in [9.17, 15) is 4.79 Å². The lowest BCUT2D eigenvalue weighted by atomic mass is 10.0. The van der Waals surface area contributed by atoms with Crippen molar-refractivity contribution in [2.24, 2.45) is 5.92 Å². The van der Waals surface area contributed by atoms with E-state index in [0.29, 0.717) is 17.7 Å². The fraction of sp³-hybridized carbons (Fsp3) is 0.611. The van der Waals surface area contributed by atoms with Gasteiger partial charge in [-0.05, 0) is 43.0 Å². The minimum absolute atomic E-state index is 0.238. The Morgan fingerprint density at radius 1 is 1.36 bits per heavy atom. The molecule has 2 aliphatic rings. The first kappa shape index (κ1) is 17.1. The zero-order valence-electron chi connectivity index (χ0n) is 14.6. The third kappa shape index (κ3) is 4.08. The number of thiophene rings is 1. The number of nitrogens with zero attached hydrogens (tertiary/aromatic N) is 4. The molecule has 1 aliphatic heterocycles. The number of amides is 1. The van der Waals surface area contributed by atoms with Crippen LogP contribution in [0.15, 0.2) is 22.7 Å². The molecule has 0 N–H and O–H groups in total. The number of thioether (sulfide) groups is 1. The van der Waals surface area contributed by atoms with Gasteiger partial charge in [-0.15, -0.1) is 21.5 Å². The Bertz CT molecular complexity index is 724. The highest BCUT2D eigenvalue weighted by molar-refractivity contribution is 7.99. The molecule has 134 valence electrons. The summed E-state index contributed by atoms with van der Waals surface area (Å²) in [5, 5.41) is 11.8. The van der Waals surface area contributed by atoms with Crippen molar-refractivity contribution in [2.45, 2.75) is 50.2 Å². The van der Waals surface area contributed by atoms with Crippen molar-refractivity contribution >= 4 is 29.0 Å². The lowest BCUT2D eigenvalue weighted by molar-refractivity contribution is -0.130.